The summed E-state index contributed by atoms with van der Waals surface area (Å²) >= 11 is 0. The first-order chi connectivity index (χ1) is 19.5. The normalized spacial score (nSPS) is 15.0. The number of sulfone groups is 1. The number of amides is 1. The molecule has 0 aliphatic heterocycles. The molecular formula is C32H45N3O5S. The lowest BCUT2D eigenvalue weighted by Gasteiger charge is -2.31. The average molecular weight is 584 g/mol. The van der Waals surface area contributed by atoms with Crippen molar-refractivity contribution in [2.24, 2.45) is 17.0 Å². The third kappa shape index (κ3) is 9.48. The van der Waals surface area contributed by atoms with Crippen LogP contribution in [-0.4, -0.2) is 45.5 Å². The Morgan fingerprint density at radius 2 is 1.78 bits per heavy atom. The summed E-state index contributed by atoms with van der Waals surface area (Å²) in [5.74, 6) is 0.211. The maximum Gasteiger partial charge on any atom is 0.251 e. The van der Waals surface area contributed by atoms with Crippen molar-refractivity contribution < 1.29 is 18.0 Å². The highest BCUT2D eigenvalue weighted by Gasteiger charge is 2.28. The van der Waals surface area contributed by atoms with Crippen molar-refractivity contribution in [2.75, 3.05) is 24.2 Å². The Bertz CT molecular complexity index is 1300. The van der Waals surface area contributed by atoms with Crippen molar-refractivity contribution in [1.82, 2.24) is 5.32 Å². The number of Topliss-reactive ketones (excluding diaryl/α,β-unsaturated/α-hetero) is 1. The summed E-state index contributed by atoms with van der Waals surface area (Å²) in [6, 6.07) is 11.5. The van der Waals surface area contributed by atoms with Crippen LogP contribution >= 0.6 is 0 Å². The zero-order valence-corrected chi connectivity index (χ0v) is 25.7. The smallest absolute Gasteiger partial charge is 0.251 e. The monoisotopic (exact) mass is 583 g/mol. The second kappa shape index (κ2) is 15.2. The number of hydrogen-bond acceptors (Lipinski definition) is 7. The second-order valence-electron chi connectivity index (χ2n) is 11.8. The Kier molecular flexibility index (Phi) is 12.1. The standard InChI is InChI=1S/C32H45N3O5S/c1-23(2)18-19-35(4)30-17-16-26(21-29(30)34-38)32(37)33-28(25-12-6-5-7-13-25)22-27(36)14-10-20-41(39,40)31-15-9-8-11-24(31)3/h8-9,11,15-17,21,23,25,28H,5-7,10,12-14,18-20,22H2,1-4H3,(H,33,37). The number of anilines is 1. The van der Waals surface area contributed by atoms with Crippen LogP contribution in [0.1, 0.15) is 87.6 Å². The van der Waals surface area contributed by atoms with Gasteiger partial charge in [-0.2, -0.15) is 0 Å². The van der Waals surface area contributed by atoms with Gasteiger partial charge in [-0.25, -0.2) is 8.42 Å². The van der Waals surface area contributed by atoms with Gasteiger partial charge in [0.2, 0.25) is 0 Å². The number of nitroso groups, excluding NO2 is 1. The highest BCUT2D eigenvalue weighted by Crippen LogP contribution is 2.31. The number of nitrogens with zero attached hydrogens (tertiary/aromatic N) is 2. The van der Waals surface area contributed by atoms with E-state index in [-0.39, 0.29) is 54.4 Å². The van der Waals surface area contributed by atoms with E-state index >= 15 is 0 Å². The number of carbonyl (C=O) groups excluding carboxylic acids is 2. The molecule has 0 aromatic heterocycles. The van der Waals surface area contributed by atoms with Crippen LogP contribution in [0.25, 0.3) is 0 Å². The molecule has 1 aliphatic carbocycles. The Hall–Kier alpha value is -3.07. The van der Waals surface area contributed by atoms with Crippen LogP contribution < -0.4 is 10.2 Å². The fourth-order valence-corrected chi connectivity index (χ4v) is 7.17. The summed E-state index contributed by atoms with van der Waals surface area (Å²) < 4.78 is 25.6. The van der Waals surface area contributed by atoms with E-state index in [4.69, 9.17) is 0 Å². The van der Waals surface area contributed by atoms with Gasteiger partial charge in [-0.05, 0) is 79.4 Å². The first kappa shape index (κ1) is 32.4. The number of nitrogens with one attached hydrogen (secondary N) is 1. The van der Waals surface area contributed by atoms with Gasteiger partial charge in [0.25, 0.3) is 5.91 Å². The third-order valence-electron chi connectivity index (χ3n) is 8.07. The maximum atomic E-state index is 13.3. The van der Waals surface area contributed by atoms with E-state index in [1.807, 2.05) is 11.9 Å². The van der Waals surface area contributed by atoms with Gasteiger partial charge in [0.1, 0.15) is 11.5 Å². The summed E-state index contributed by atoms with van der Waals surface area (Å²) in [4.78, 5) is 40.3. The predicted molar refractivity (Wildman–Crippen MR) is 165 cm³/mol. The number of hydrogen-bond donors (Lipinski definition) is 1. The molecule has 8 nitrogen and oxygen atoms in total. The van der Waals surface area contributed by atoms with E-state index in [1.54, 1.807) is 43.3 Å². The molecular weight excluding hydrogens is 538 g/mol. The molecule has 0 saturated heterocycles. The van der Waals surface area contributed by atoms with Crippen molar-refractivity contribution in [3.8, 4) is 0 Å². The van der Waals surface area contributed by atoms with Gasteiger partial charge >= 0.3 is 0 Å². The molecule has 1 N–H and O–H groups in total. The summed E-state index contributed by atoms with van der Waals surface area (Å²) in [5.41, 5.74) is 1.92. The molecule has 224 valence electrons. The first-order valence-corrected chi connectivity index (χ1v) is 16.5. The van der Waals surface area contributed by atoms with Gasteiger partial charge in [-0.3, -0.25) is 9.59 Å². The van der Waals surface area contributed by atoms with Crippen molar-refractivity contribution in [2.45, 2.75) is 89.5 Å². The van der Waals surface area contributed by atoms with Crippen molar-refractivity contribution >= 4 is 32.9 Å². The molecule has 9 heteroatoms. The molecule has 1 aliphatic rings. The van der Waals surface area contributed by atoms with E-state index in [0.717, 1.165) is 45.1 Å². The molecule has 0 radical (unpaired) electrons. The van der Waals surface area contributed by atoms with E-state index < -0.39 is 9.84 Å². The molecule has 0 heterocycles. The zero-order valence-electron chi connectivity index (χ0n) is 24.9. The van der Waals surface area contributed by atoms with Crippen LogP contribution in [0.15, 0.2) is 52.5 Å². The lowest BCUT2D eigenvalue weighted by atomic mass is 9.81. The van der Waals surface area contributed by atoms with Gasteiger partial charge in [-0.1, -0.05) is 51.3 Å². The van der Waals surface area contributed by atoms with E-state index in [2.05, 4.69) is 24.3 Å². The quantitative estimate of drug-likeness (QED) is 0.232. The minimum Gasteiger partial charge on any atom is -0.373 e. The minimum absolute atomic E-state index is 0.0572. The van der Waals surface area contributed by atoms with Crippen LogP contribution in [0, 0.1) is 23.7 Å². The molecule has 1 fully saturated rings. The van der Waals surface area contributed by atoms with Gasteiger partial charge in [0.15, 0.2) is 9.84 Å². The van der Waals surface area contributed by atoms with Crippen LogP contribution in [0.5, 0.6) is 0 Å². The first-order valence-electron chi connectivity index (χ1n) is 14.8. The van der Waals surface area contributed by atoms with Crippen molar-refractivity contribution in [1.29, 1.82) is 0 Å². The molecule has 2 aromatic carbocycles. The van der Waals surface area contributed by atoms with E-state index in [1.165, 1.54) is 6.07 Å². The van der Waals surface area contributed by atoms with Crippen LogP contribution in [0.4, 0.5) is 11.4 Å². The molecule has 2 aromatic rings. The number of rotatable bonds is 15. The molecule has 1 saturated carbocycles. The highest BCUT2D eigenvalue weighted by molar-refractivity contribution is 7.91. The summed E-state index contributed by atoms with van der Waals surface area (Å²) in [7, 11) is -1.57. The third-order valence-corrected chi connectivity index (χ3v) is 10.0. The molecule has 3 rings (SSSR count). The Morgan fingerprint density at radius 1 is 1.07 bits per heavy atom. The highest BCUT2D eigenvalue weighted by atomic mass is 32.2. The number of ketones is 1. The molecule has 0 bridgehead atoms. The molecule has 1 unspecified atom stereocenters. The van der Waals surface area contributed by atoms with Crippen LogP contribution in [-0.2, 0) is 14.6 Å². The summed E-state index contributed by atoms with van der Waals surface area (Å²) in [6.07, 6.45) is 6.61. The van der Waals surface area contributed by atoms with E-state index in [9.17, 15) is 22.9 Å². The van der Waals surface area contributed by atoms with Crippen molar-refractivity contribution in [3.63, 3.8) is 0 Å². The predicted octanol–water partition coefficient (Wildman–Crippen LogP) is 6.77. The van der Waals surface area contributed by atoms with Gasteiger partial charge < -0.3 is 10.2 Å². The Morgan fingerprint density at radius 3 is 2.44 bits per heavy atom. The fraction of sp³-hybridized carbons (Fsp3) is 0.562. The second-order valence-corrected chi connectivity index (χ2v) is 13.9. The lowest BCUT2D eigenvalue weighted by Crippen LogP contribution is -2.42. The number of benzene rings is 2. The van der Waals surface area contributed by atoms with Gasteiger partial charge in [-0.15, -0.1) is 4.91 Å². The molecule has 1 atom stereocenters. The number of aryl methyl sites for hydroxylation is 1. The Labute approximate surface area is 245 Å². The molecule has 41 heavy (non-hydrogen) atoms. The molecule has 0 spiro atoms. The summed E-state index contributed by atoms with van der Waals surface area (Å²) in [5, 5.41) is 6.26. The van der Waals surface area contributed by atoms with Crippen molar-refractivity contribution in [3.05, 3.63) is 58.5 Å². The van der Waals surface area contributed by atoms with Crippen LogP contribution in [0.3, 0.4) is 0 Å². The lowest BCUT2D eigenvalue weighted by molar-refractivity contribution is -0.119. The van der Waals surface area contributed by atoms with Crippen LogP contribution in [0.2, 0.25) is 0 Å². The summed E-state index contributed by atoms with van der Waals surface area (Å²) in [6.45, 7) is 6.81. The topological polar surface area (TPSA) is 113 Å². The maximum absolute atomic E-state index is 13.3. The molecule has 1 amide bonds. The Balaban J connectivity index is 1.66. The SMILES string of the molecule is Cc1ccccc1S(=O)(=O)CCCC(=O)CC(NC(=O)c1ccc(N(C)CCC(C)C)c(N=O)c1)C1CCCCC1. The van der Waals surface area contributed by atoms with Gasteiger partial charge in [0, 0.05) is 38.0 Å². The average Bonchev–Trinajstić information content (AvgIpc) is 2.95. The number of carbonyl (C=O) groups is 2. The van der Waals surface area contributed by atoms with E-state index in [0.29, 0.717) is 27.6 Å². The fourth-order valence-electron chi connectivity index (χ4n) is 5.58. The zero-order chi connectivity index (χ0) is 30.0. The largest absolute Gasteiger partial charge is 0.373 e. The minimum atomic E-state index is -3.47. The van der Waals surface area contributed by atoms with Gasteiger partial charge in [0.05, 0.1) is 16.3 Å².